The van der Waals surface area contributed by atoms with Gasteiger partial charge < -0.3 is 4.74 Å². The van der Waals surface area contributed by atoms with Gasteiger partial charge in [-0.05, 0) is 79.2 Å². The molecule has 0 bridgehead atoms. The second-order valence-corrected chi connectivity index (χ2v) is 7.03. The number of anilines is 1. The summed E-state index contributed by atoms with van der Waals surface area (Å²) in [5, 5.41) is 0.566. The van der Waals surface area contributed by atoms with E-state index in [1.807, 2.05) is 31.2 Å². The summed E-state index contributed by atoms with van der Waals surface area (Å²) in [6, 6.07) is 20.2. The fourth-order valence-corrected chi connectivity index (χ4v) is 3.25. The van der Waals surface area contributed by atoms with Gasteiger partial charge >= 0.3 is 0 Å². The van der Waals surface area contributed by atoms with Gasteiger partial charge in [0.1, 0.15) is 23.1 Å². The third-order valence-corrected chi connectivity index (χ3v) is 4.79. The van der Waals surface area contributed by atoms with Gasteiger partial charge in [0.25, 0.3) is 5.91 Å². The van der Waals surface area contributed by atoms with Crippen LogP contribution in [0.25, 0.3) is 6.08 Å². The van der Waals surface area contributed by atoms with Crippen LogP contribution in [0.2, 0.25) is 5.02 Å². The lowest BCUT2D eigenvalue weighted by atomic mass is 10.1. The number of benzene rings is 3. The number of ether oxygens (including phenoxy) is 1. The first-order valence-electron chi connectivity index (χ1n) is 9.44. The molecule has 150 valence electrons. The molecule has 0 radical (unpaired) electrons. The normalized spacial score (nSPS) is 14.9. The highest BCUT2D eigenvalue weighted by Crippen LogP contribution is 2.29. The summed E-state index contributed by atoms with van der Waals surface area (Å²) in [6.45, 7) is 2.50. The minimum atomic E-state index is -0.355. The SMILES string of the molecule is CCOc1ccc(/C=C2/N=C(c3ccc(F)cc3)N(c3ccc(Cl)cc3)C2=O)cc1. The molecule has 4 rings (SSSR count). The Bertz CT molecular complexity index is 1120. The quantitative estimate of drug-likeness (QED) is 0.496. The minimum Gasteiger partial charge on any atom is -0.494 e. The summed E-state index contributed by atoms with van der Waals surface area (Å²) in [4.78, 5) is 19.3. The third-order valence-electron chi connectivity index (χ3n) is 4.54. The van der Waals surface area contributed by atoms with Crippen LogP contribution in [-0.4, -0.2) is 18.3 Å². The maximum absolute atomic E-state index is 13.4. The molecule has 0 aromatic heterocycles. The van der Waals surface area contributed by atoms with Crippen LogP contribution < -0.4 is 9.64 Å². The van der Waals surface area contributed by atoms with Crippen LogP contribution in [0.4, 0.5) is 10.1 Å². The van der Waals surface area contributed by atoms with E-state index in [1.165, 1.54) is 17.0 Å². The van der Waals surface area contributed by atoms with Crippen molar-refractivity contribution in [2.45, 2.75) is 6.92 Å². The molecule has 4 nitrogen and oxygen atoms in total. The number of amides is 1. The molecule has 0 atom stereocenters. The van der Waals surface area contributed by atoms with E-state index >= 15 is 0 Å². The topological polar surface area (TPSA) is 41.9 Å². The average molecular weight is 421 g/mol. The first kappa shape index (κ1) is 19.9. The largest absolute Gasteiger partial charge is 0.494 e. The van der Waals surface area contributed by atoms with E-state index in [1.54, 1.807) is 42.5 Å². The van der Waals surface area contributed by atoms with Crippen molar-refractivity contribution in [1.29, 1.82) is 0 Å². The fraction of sp³-hybridized carbons (Fsp3) is 0.0833. The molecule has 3 aromatic rings. The molecule has 30 heavy (non-hydrogen) atoms. The summed E-state index contributed by atoms with van der Waals surface area (Å²) < 4.78 is 18.9. The third kappa shape index (κ3) is 4.11. The summed E-state index contributed by atoms with van der Waals surface area (Å²) in [6.07, 6.45) is 1.72. The zero-order valence-electron chi connectivity index (χ0n) is 16.2. The molecular formula is C24H18ClFN2O2. The highest BCUT2D eigenvalue weighted by Gasteiger charge is 2.32. The Kier molecular flexibility index (Phi) is 5.63. The number of hydrogen-bond acceptors (Lipinski definition) is 3. The maximum atomic E-state index is 13.4. The Morgan fingerprint density at radius 3 is 2.30 bits per heavy atom. The van der Waals surface area contributed by atoms with Crippen LogP contribution >= 0.6 is 11.6 Å². The number of aliphatic imine (C=N–C) groups is 1. The number of rotatable bonds is 5. The van der Waals surface area contributed by atoms with E-state index in [2.05, 4.69) is 4.99 Å². The molecule has 1 aliphatic rings. The molecule has 0 spiro atoms. The van der Waals surface area contributed by atoms with Gasteiger partial charge in [0.05, 0.1) is 12.3 Å². The fourth-order valence-electron chi connectivity index (χ4n) is 3.12. The molecule has 0 N–H and O–H groups in total. The van der Waals surface area contributed by atoms with Gasteiger partial charge in [-0.3, -0.25) is 9.69 Å². The molecule has 0 fully saturated rings. The van der Waals surface area contributed by atoms with Crippen molar-refractivity contribution >= 4 is 35.1 Å². The lowest BCUT2D eigenvalue weighted by molar-refractivity contribution is -0.113. The van der Waals surface area contributed by atoms with Crippen molar-refractivity contribution in [3.63, 3.8) is 0 Å². The van der Waals surface area contributed by atoms with E-state index in [0.29, 0.717) is 28.7 Å². The predicted molar refractivity (Wildman–Crippen MR) is 117 cm³/mol. The second kappa shape index (κ2) is 8.51. The highest BCUT2D eigenvalue weighted by atomic mass is 35.5. The Hall–Kier alpha value is -3.44. The van der Waals surface area contributed by atoms with Crippen molar-refractivity contribution < 1.29 is 13.9 Å². The van der Waals surface area contributed by atoms with Gasteiger partial charge in [0, 0.05) is 10.6 Å². The van der Waals surface area contributed by atoms with Gasteiger partial charge in [-0.15, -0.1) is 0 Å². The average Bonchev–Trinajstić information content (AvgIpc) is 3.07. The number of carbonyl (C=O) groups is 1. The zero-order chi connectivity index (χ0) is 21.1. The molecule has 1 amide bonds. The number of halogens is 2. The Balaban J connectivity index is 1.75. The Morgan fingerprint density at radius 1 is 1.00 bits per heavy atom. The molecular weight excluding hydrogens is 403 g/mol. The Morgan fingerprint density at radius 2 is 1.67 bits per heavy atom. The molecule has 0 saturated carbocycles. The maximum Gasteiger partial charge on any atom is 0.282 e. The number of nitrogens with zero attached hydrogens (tertiary/aromatic N) is 2. The van der Waals surface area contributed by atoms with Gasteiger partial charge in [-0.25, -0.2) is 9.38 Å². The first-order chi connectivity index (χ1) is 14.5. The van der Waals surface area contributed by atoms with Crippen LogP contribution in [0.3, 0.4) is 0 Å². The Labute approximate surface area is 178 Å². The van der Waals surface area contributed by atoms with E-state index in [9.17, 15) is 9.18 Å². The van der Waals surface area contributed by atoms with Crippen molar-refractivity contribution in [3.8, 4) is 5.75 Å². The van der Waals surface area contributed by atoms with E-state index in [-0.39, 0.29) is 17.4 Å². The first-order valence-corrected chi connectivity index (χ1v) is 9.82. The van der Waals surface area contributed by atoms with Crippen molar-refractivity contribution in [3.05, 3.63) is 100 Å². The zero-order valence-corrected chi connectivity index (χ0v) is 16.9. The molecule has 0 unspecified atom stereocenters. The van der Waals surface area contributed by atoms with Gasteiger partial charge in [0.15, 0.2) is 0 Å². The molecule has 1 aliphatic heterocycles. The molecule has 6 heteroatoms. The monoisotopic (exact) mass is 420 g/mol. The number of hydrogen-bond donors (Lipinski definition) is 0. The van der Waals surface area contributed by atoms with Crippen LogP contribution in [0.15, 0.2) is 83.5 Å². The highest BCUT2D eigenvalue weighted by molar-refractivity contribution is 6.33. The predicted octanol–water partition coefficient (Wildman–Crippen LogP) is 5.71. The lowest BCUT2D eigenvalue weighted by Gasteiger charge is -2.18. The number of amidine groups is 1. The van der Waals surface area contributed by atoms with Gasteiger partial charge in [-0.2, -0.15) is 0 Å². The van der Waals surface area contributed by atoms with E-state index < -0.39 is 0 Å². The van der Waals surface area contributed by atoms with Crippen LogP contribution in [0.1, 0.15) is 18.1 Å². The van der Waals surface area contributed by atoms with Crippen molar-refractivity contribution in [2.24, 2.45) is 4.99 Å². The van der Waals surface area contributed by atoms with Crippen molar-refractivity contribution in [1.82, 2.24) is 0 Å². The summed E-state index contributed by atoms with van der Waals surface area (Å²) in [5.41, 5.74) is 2.37. The summed E-state index contributed by atoms with van der Waals surface area (Å²) in [7, 11) is 0. The van der Waals surface area contributed by atoms with E-state index in [0.717, 1.165) is 11.3 Å². The smallest absolute Gasteiger partial charge is 0.282 e. The molecule has 1 heterocycles. The lowest BCUT2D eigenvalue weighted by Crippen LogP contribution is -2.32. The second-order valence-electron chi connectivity index (χ2n) is 6.59. The van der Waals surface area contributed by atoms with Crippen LogP contribution in [0.5, 0.6) is 5.75 Å². The standard InChI is InChI=1S/C24H18ClFN2O2/c1-2-30-21-13-3-16(4-14-21)15-22-24(29)28(20-11-7-18(25)8-12-20)23(27-22)17-5-9-19(26)10-6-17/h3-15H,2H2,1H3/b22-15+. The van der Waals surface area contributed by atoms with Gasteiger partial charge in [0.2, 0.25) is 0 Å². The number of carbonyl (C=O) groups excluding carboxylic acids is 1. The minimum absolute atomic E-state index is 0.273. The van der Waals surface area contributed by atoms with Crippen LogP contribution in [0, 0.1) is 5.82 Å². The molecule has 0 saturated heterocycles. The van der Waals surface area contributed by atoms with Crippen molar-refractivity contribution in [2.75, 3.05) is 11.5 Å². The summed E-state index contributed by atoms with van der Waals surface area (Å²) in [5.74, 6) is 0.563. The van der Waals surface area contributed by atoms with E-state index in [4.69, 9.17) is 16.3 Å². The van der Waals surface area contributed by atoms with Crippen LogP contribution in [-0.2, 0) is 4.79 Å². The van der Waals surface area contributed by atoms with Gasteiger partial charge in [-0.1, -0.05) is 23.7 Å². The summed E-state index contributed by atoms with van der Waals surface area (Å²) >= 11 is 6.00. The molecule has 0 aliphatic carbocycles. The molecule has 3 aromatic carbocycles.